The number of benzene rings is 2. The lowest BCUT2D eigenvalue weighted by atomic mass is 9.77. The molecule has 24 heavy (non-hydrogen) atoms. The van der Waals surface area contributed by atoms with Crippen molar-refractivity contribution in [2.75, 3.05) is 0 Å². The molecule has 0 nitrogen and oxygen atoms in total. The van der Waals surface area contributed by atoms with E-state index in [1.54, 1.807) is 0 Å². The summed E-state index contributed by atoms with van der Waals surface area (Å²) in [5.74, 6) is 0.510. The van der Waals surface area contributed by atoms with Crippen molar-refractivity contribution >= 4 is 0 Å². The molecule has 0 unspecified atom stereocenters. The van der Waals surface area contributed by atoms with E-state index in [9.17, 15) is 8.78 Å². The Kier molecular flexibility index (Phi) is 5.65. The molecule has 0 atom stereocenters. The molecule has 128 valence electrons. The van der Waals surface area contributed by atoms with Crippen LogP contribution in [0.1, 0.15) is 63.4 Å². The second-order valence-electron chi connectivity index (χ2n) is 7.11. The van der Waals surface area contributed by atoms with Gasteiger partial charge in [0, 0.05) is 11.6 Å². The van der Waals surface area contributed by atoms with E-state index in [-0.39, 0.29) is 0 Å². The van der Waals surface area contributed by atoms with Gasteiger partial charge in [-0.2, -0.15) is 0 Å². The molecule has 0 aromatic heterocycles. The van der Waals surface area contributed by atoms with Crippen molar-refractivity contribution in [2.24, 2.45) is 5.92 Å². The molecule has 3 rings (SSSR count). The molecule has 0 amide bonds. The maximum atomic E-state index is 13.9. The van der Waals surface area contributed by atoms with Gasteiger partial charge in [0.2, 0.25) is 0 Å². The van der Waals surface area contributed by atoms with E-state index in [4.69, 9.17) is 0 Å². The SMILES string of the molecule is CCCCC1CCC(c2ccc(-c3ccc(F)cc3F)cc2)CC1. The van der Waals surface area contributed by atoms with Gasteiger partial charge in [0.15, 0.2) is 0 Å². The molecule has 1 aliphatic carbocycles. The first-order chi connectivity index (χ1) is 11.7. The van der Waals surface area contributed by atoms with Gasteiger partial charge in [-0.25, -0.2) is 8.78 Å². The molecule has 2 heteroatoms. The summed E-state index contributed by atoms with van der Waals surface area (Å²) in [6, 6.07) is 11.9. The molecule has 2 aromatic carbocycles. The standard InChI is InChI=1S/C22H26F2/c1-2-3-4-16-5-7-17(8-6-16)18-9-11-19(12-10-18)21-14-13-20(23)15-22(21)24/h9-17H,2-8H2,1H3. The van der Waals surface area contributed by atoms with Crippen molar-refractivity contribution in [3.63, 3.8) is 0 Å². The Hall–Kier alpha value is -1.70. The minimum Gasteiger partial charge on any atom is -0.207 e. The Morgan fingerprint density at radius 3 is 2.25 bits per heavy atom. The van der Waals surface area contributed by atoms with Crippen molar-refractivity contribution in [2.45, 2.75) is 57.8 Å². The van der Waals surface area contributed by atoms with Crippen molar-refractivity contribution in [3.8, 4) is 11.1 Å². The van der Waals surface area contributed by atoms with Crippen molar-refractivity contribution in [1.82, 2.24) is 0 Å². The highest BCUT2D eigenvalue weighted by atomic mass is 19.1. The lowest BCUT2D eigenvalue weighted by molar-refractivity contribution is 0.304. The van der Waals surface area contributed by atoms with Crippen LogP contribution in [0.4, 0.5) is 8.78 Å². The molecule has 0 spiro atoms. The number of unbranched alkanes of at least 4 members (excludes halogenated alkanes) is 1. The quantitative estimate of drug-likeness (QED) is 0.549. The zero-order chi connectivity index (χ0) is 16.9. The third kappa shape index (κ3) is 4.03. The highest BCUT2D eigenvalue weighted by Gasteiger charge is 2.22. The second kappa shape index (κ2) is 7.92. The average Bonchev–Trinajstić information content (AvgIpc) is 2.61. The van der Waals surface area contributed by atoms with Crippen LogP contribution < -0.4 is 0 Å². The molecule has 0 N–H and O–H groups in total. The predicted octanol–water partition coefficient (Wildman–Crippen LogP) is 7.10. The Labute approximate surface area is 143 Å². The van der Waals surface area contributed by atoms with E-state index >= 15 is 0 Å². The fraction of sp³-hybridized carbons (Fsp3) is 0.455. The number of rotatable bonds is 5. The summed E-state index contributed by atoms with van der Waals surface area (Å²) in [5, 5.41) is 0. The van der Waals surface area contributed by atoms with Gasteiger partial charge in [-0.15, -0.1) is 0 Å². The molecule has 0 bridgehead atoms. The van der Waals surface area contributed by atoms with Crippen LogP contribution in [-0.4, -0.2) is 0 Å². The van der Waals surface area contributed by atoms with E-state index < -0.39 is 11.6 Å². The molecule has 0 saturated heterocycles. The van der Waals surface area contributed by atoms with Gasteiger partial charge in [0.25, 0.3) is 0 Å². The van der Waals surface area contributed by atoms with E-state index in [0.29, 0.717) is 11.5 Å². The maximum absolute atomic E-state index is 13.9. The van der Waals surface area contributed by atoms with Crippen LogP contribution in [0.5, 0.6) is 0 Å². The van der Waals surface area contributed by atoms with Gasteiger partial charge in [0.1, 0.15) is 11.6 Å². The summed E-state index contributed by atoms with van der Waals surface area (Å²) < 4.78 is 26.9. The van der Waals surface area contributed by atoms with Gasteiger partial charge in [0.05, 0.1) is 0 Å². The fourth-order valence-corrected chi connectivity index (χ4v) is 3.94. The first-order valence-electron chi connectivity index (χ1n) is 9.22. The first kappa shape index (κ1) is 17.1. The summed E-state index contributed by atoms with van der Waals surface area (Å²) in [7, 11) is 0. The molecule has 0 radical (unpaired) electrons. The van der Waals surface area contributed by atoms with Crippen LogP contribution in [-0.2, 0) is 0 Å². The Bertz CT molecular complexity index is 652. The van der Waals surface area contributed by atoms with Crippen molar-refractivity contribution in [3.05, 3.63) is 59.7 Å². The molecule has 2 aromatic rings. The summed E-state index contributed by atoms with van der Waals surface area (Å²) in [4.78, 5) is 0. The Balaban J connectivity index is 1.65. The van der Waals surface area contributed by atoms with E-state index in [1.165, 1.54) is 62.6 Å². The largest absolute Gasteiger partial charge is 0.207 e. The van der Waals surface area contributed by atoms with Gasteiger partial charge >= 0.3 is 0 Å². The summed E-state index contributed by atoms with van der Waals surface area (Å²) in [6.07, 6.45) is 9.22. The molecule has 1 fully saturated rings. The average molecular weight is 328 g/mol. The zero-order valence-corrected chi connectivity index (χ0v) is 14.4. The van der Waals surface area contributed by atoms with E-state index in [1.807, 2.05) is 12.1 Å². The van der Waals surface area contributed by atoms with E-state index in [2.05, 4.69) is 19.1 Å². The number of halogens is 2. The van der Waals surface area contributed by atoms with Crippen molar-refractivity contribution < 1.29 is 8.78 Å². The maximum Gasteiger partial charge on any atom is 0.133 e. The Morgan fingerprint density at radius 2 is 1.62 bits per heavy atom. The van der Waals surface area contributed by atoms with Crippen molar-refractivity contribution in [1.29, 1.82) is 0 Å². The topological polar surface area (TPSA) is 0 Å². The molecule has 0 aliphatic heterocycles. The minimum absolute atomic E-state index is 0.464. The fourth-order valence-electron chi connectivity index (χ4n) is 3.94. The van der Waals surface area contributed by atoms with Crippen LogP contribution in [0.15, 0.2) is 42.5 Å². The summed E-state index contributed by atoms with van der Waals surface area (Å²) >= 11 is 0. The van der Waals surface area contributed by atoms with Gasteiger partial charge in [-0.3, -0.25) is 0 Å². The van der Waals surface area contributed by atoms with Crippen LogP contribution in [0.25, 0.3) is 11.1 Å². The summed E-state index contributed by atoms with van der Waals surface area (Å²) in [5.41, 5.74) is 2.63. The Morgan fingerprint density at radius 1 is 0.917 bits per heavy atom. The molecular formula is C22H26F2. The second-order valence-corrected chi connectivity index (χ2v) is 7.11. The van der Waals surface area contributed by atoms with Gasteiger partial charge in [-0.05, 0) is 60.8 Å². The van der Waals surface area contributed by atoms with E-state index in [0.717, 1.165) is 17.5 Å². The zero-order valence-electron chi connectivity index (χ0n) is 14.4. The molecular weight excluding hydrogens is 302 g/mol. The lowest BCUT2D eigenvalue weighted by Gasteiger charge is -2.29. The molecule has 0 heterocycles. The third-order valence-corrected chi connectivity index (χ3v) is 5.44. The summed E-state index contributed by atoms with van der Waals surface area (Å²) in [6.45, 7) is 2.26. The third-order valence-electron chi connectivity index (χ3n) is 5.44. The monoisotopic (exact) mass is 328 g/mol. The highest BCUT2D eigenvalue weighted by Crippen LogP contribution is 2.38. The highest BCUT2D eigenvalue weighted by molar-refractivity contribution is 5.64. The minimum atomic E-state index is -0.535. The van der Waals surface area contributed by atoms with Crippen LogP contribution >= 0.6 is 0 Å². The van der Waals surface area contributed by atoms with Crippen LogP contribution in [0.3, 0.4) is 0 Å². The van der Waals surface area contributed by atoms with Crippen LogP contribution in [0, 0.1) is 17.6 Å². The smallest absolute Gasteiger partial charge is 0.133 e. The number of hydrogen-bond acceptors (Lipinski definition) is 0. The predicted molar refractivity (Wildman–Crippen MR) is 96.0 cm³/mol. The normalized spacial score (nSPS) is 21.0. The number of hydrogen-bond donors (Lipinski definition) is 0. The molecule has 1 aliphatic rings. The first-order valence-corrected chi connectivity index (χ1v) is 9.22. The molecule has 1 saturated carbocycles. The van der Waals surface area contributed by atoms with Gasteiger partial charge in [-0.1, -0.05) is 50.5 Å². The lowest BCUT2D eigenvalue weighted by Crippen LogP contribution is -2.13. The van der Waals surface area contributed by atoms with Crippen LogP contribution in [0.2, 0.25) is 0 Å². The van der Waals surface area contributed by atoms with Gasteiger partial charge < -0.3 is 0 Å².